The van der Waals surface area contributed by atoms with Crippen molar-refractivity contribution in [3.8, 4) is 0 Å². The highest BCUT2D eigenvalue weighted by Gasteiger charge is 2.24. The number of aliphatic hydroxyl groups is 1. The van der Waals surface area contributed by atoms with Gasteiger partial charge in [0.05, 0.1) is 6.20 Å². The molecule has 7 nitrogen and oxygen atoms in total. The molecule has 154 valence electrons. The zero-order valence-electron chi connectivity index (χ0n) is 17.3. The molecule has 3 aromatic heterocycles. The first-order chi connectivity index (χ1) is 14.2. The van der Waals surface area contributed by atoms with Crippen molar-refractivity contribution < 1.29 is 5.11 Å². The maximum Gasteiger partial charge on any atom is 0.162 e. The second kappa shape index (κ2) is 8.78. The van der Waals surface area contributed by atoms with Crippen LogP contribution in [0.25, 0.3) is 5.65 Å². The van der Waals surface area contributed by atoms with Gasteiger partial charge in [-0.05, 0) is 50.7 Å². The van der Waals surface area contributed by atoms with Crippen LogP contribution in [0.5, 0.6) is 0 Å². The maximum atomic E-state index is 9.51. The number of aliphatic hydroxyl groups excluding tert-OH is 1. The van der Waals surface area contributed by atoms with E-state index in [0.29, 0.717) is 12.6 Å². The predicted molar refractivity (Wildman–Crippen MR) is 115 cm³/mol. The van der Waals surface area contributed by atoms with Gasteiger partial charge in [-0.3, -0.25) is 4.98 Å². The first-order valence-corrected chi connectivity index (χ1v) is 10.6. The summed E-state index contributed by atoms with van der Waals surface area (Å²) in [5.74, 6) is 1.90. The summed E-state index contributed by atoms with van der Waals surface area (Å²) in [5.41, 5.74) is 4.19. The second-order valence-electron chi connectivity index (χ2n) is 7.78. The molecule has 0 aromatic carbocycles. The Morgan fingerprint density at radius 2 is 2.14 bits per heavy atom. The fourth-order valence-electron chi connectivity index (χ4n) is 4.06. The Labute approximate surface area is 171 Å². The van der Waals surface area contributed by atoms with E-state index in [2.05, 4.69) is 39.4 Å². The number of nitrogens with zero attached hydrogens (tertiary/aromatic N) is 5. The molecule has 29 heavy (non-hydrogen) atoms. The van der Waals surface area contributed by atoms with Crippen molar-refractivity contribution >= 4 is 17.3 Å². The topological polar surface area (TPSA) is 78.6 Å². The number of piperidine rings is 1. The van der Waals surface area contributed by atoms with E-state index in [1.165, 1.54) is 6.42 Å². The fraction of sp³-hybridized carbons (Fsp3) is 0.500. The number of anilines is 2. The number of aromatic nitrogens is 4. The molecule has 3 aromatic rings. The zero-order chi connectivity index (χ0) is 20.2. The molecule has 7 heteroatoms. The van der Waals surface area contributed by atoms with Crippen molar-refractivity contribution in [3.63, 3.8) is 0 Å². The summed E-state index contributed by atoms with van der Waals surface area (Å²) in [4.78, 5) is 11.7. The molecule has 1 fully saturated rings. The van der Waals surface area contributed by atoms with E-state index in [1.807, 2.05) is 29.9 Å². The Morgan fingerprint density at radius 3 is 2.90 bits per heavy atom. The van der Waals surface area contributed by atoms with Gasteiger partial charge in [0.1, 0.15) is 11.6 Å². The molecule has 0 aliphatic carbocycles. The Balaban J connectivity index is 1.68. The SMILES string of the molecule is CCc1cnn2c(NCc3ccc(C)nc3)cc(N3CCCCC3CCO)nc12. The average Bonchev–Trinajstić information content (AvgIpc) is 3.17. The summed E-state index contributed by atoms with van der Waals surface area (Å²) in [5, 5.41) is 17.6. The number of nitrogens with one attached hydrogen (secondary N) is 1. The number of fused-ring (bicyclic) bond motifs is 1. The number of pyridine rings is 1. The predicted octanol–water partition coefficient (Wildman–Crippen LogP) is 3.35. The molecular formula is C22H30N6O. The average molecular weight is 395 g/mol. The van der Waals surface area contributed by atoms with Gasteiger partial charge >= 0.3 is 0 Å². The molecule has 0 saturated carbocycles. The first kappa shape index (κ1) is 19.6. The third-order valence-electron chi connectivity index (χ3n) is 5.74. The van der Waals surface area contributed by atoms with E-state index in [4.69, 9.17) is 4.98 Å². The van der Waals surface area contributed by atoms with Gasteiger partial charge in [-0.1, -0.05) is 13.0 Å². The maximum absolute atomic E-state index is 9.51. The van der Waals surface area contributed by atoms with E-state index >= 15 is 0 Å². The monoisotopic (exact) mass is 394 g/mol. The number of hydrogen-bond donors (Lipinski definition) is 2. The summed E-state index contributed by atoms with van der Waals surface area (Å²) in [7, 11) is 0. The molecule has 0 bridgehead atoms. The lowest BCUT2D eigenvalue weighted by Crippen LogP contribution is -2.40. The first-order valence-electron chi connectivity index (χ1n) is 10.6. The molecule has 1 aliphatic rings. The smallest absolute Gasteiger partial charge is 0.162 e. The zero-order valence-corrected chi connectivity index (χ0v) is 17.3. The molecule has 1 atom stereocenters. The summed E-state index contributed by atoms with van der Waals surface area (Å²) in [6.45, 7) is 5.99. The highest BCUT2D eigenvalue weighted by atomic mass is 16.3. The molecule has 4 rings (SSSR count). The van der Waals surface area contributed by atoms with Crippen LogP contribution in [0, 0.1) is 6.92 Å². The van der Waals surface area contributed by atoms with Gasteiger partial charge in [0.15, 0.2) is 5.65 Å². The van der Waals surface area contributed by atoms with Crippen molar-refractivity contribution in [1.82, 2.24) is 19.6 Å². The molecule has 2 N–H and O–H groups in total. The van der Waals surface area contributed by atoms with Gasteiger partial charge in [-0.15, -0.1) is 0 Å². The quantitative estimate of drug-likeness (QED) is 0.640. The van der Waals surface area contributed by atoms with Gasteiger partial charge < -0.3 is 15.3 Å². The number of hydrogen-bond acceptors (Lipinski definition) is 6. The Hall–Kier alpha value is -2.67. The Morgan fingerprint density at radius 1 is 1.24 bits per heavy atom. The largest absolute Gasteiger partial charge is 0.396 e. The summed E-state index contributed by atoms with van der Waals surface area (Å²) < 4.78 is 1.90. The van der Waals surface area contributed by atoms with Gasteiger partial charge in [-0.2, -0.15) is 9.61 Å². The van der Waals surface area contributed by atoms with Crippen molar-refractivity contribution in [2.75, 3.05) is 23.4 Å². The third-order valence-corrected chi connectivity index (χ3v) is 5.74. The van der Waals surface area contributed by atoms with Crippen LogP contribution in [0.4, 0.5) is 11.6 Å². The molecule has 1 aliphatic heterocycles. The standard InChI is InChI=1S/C22H30N6O/c1-3-18-15-25-28-20(24-14-17-8-7-16(2)23-13-17)12-21(26-22(18)28)27-10-5-4-6-19(27)9-11-29/h7-8,12-13,15,19,24,29H,3-6,9-11,14H2,1-2H3. The molecule has 0 spiro atoms. The van der Waals surface area contributed by atoms with Crippen LogP contribution in [0.2, 0.25) is 0 Å². The fourth-order valence-corrected chi connectivity index (χ4v) is 4.06. The second-order valence-corrected chi connectivity index (χ2v) is 7.78. The van der Waals surface area contributed by atoms with Gasteiger partial charge in [-0.25, -0.2) is 4.98 Å². The Bertz CT molecular complexity index is 950. The normalized spacial score (nSPS) is 17.1. The molecule has 0 radical (unpaired) electrons. The van der Waals surface area contributed by atoms with E-state index < -0.39 is 0 Å². The van der Waals surface area contributed by atoms with Crippen molar-refractivity contribution in [2.45, 2.75) is 58.5 Å². The molecule has 0 amide bonds. The van der Waals surface area contributed by atoms with Crippen LogP contribution in [-0.2, 0) is 13.0 Å². The molecular weight excluding hydrogens is 364 g/mol. The van der Waals surface area contributed by atoms with E-state index in [9.17, 15) is 5.11 Å². The van der Waals surface area contributed by atoms with Crippen LogP contribution in [0.15, 0.2) is 30.6 Å². The van der Waals surface area contributed by atoms with Crippen molar-refractivity contribution in [3.05, 3.63) is 47.4 Å². The van der Waals surface area contributed by atoms with Gasteiger partial charge in [0, 0.05) is 49.3 Å². The van der Waals surface area contributed by atoms with Crippen LogP contribution in [0.1, 0.15) is 49.4 Å². The summed E-state index contributed by atoms with van der Waals surface area (Å²) in [6, 6.07) is 6.56. The lowest BCUT2D eigenvalue weighted by molar-refractivity contribution is 0.262. The highest BCUT2D eigenvalue weighted by Crippen LogP contribution is 2.29. The van der Waals surface area contributed by atoms with E-state index in [-0.39, 0.29) is 6.61 Å². The summed E-state index contributed by atoms with van der Waals surface area (Å²) >= 11 is 0. The molecule has 1 saturated heterocycles. The van der Waals surface area contributed by atoms with Crippen molar-refractivity contribution in [2.24, 2.45) is 0 Å². The lowest BCUT2D eigenvalue weighted by atomic mass is 9.99. The summed E-state index contributed by atoms with van der Waals surface area (Å²) in [6.07, 6.45) is 8.96. The van der Waals surface area contributed by atoms with Crippen LogP contribution >= 0.6 is 0 Å². The minimum Gasteiger partial charge on any atom is -0.396 e. The van der Waals surface area contributed by atoms with E-state index in [1.54, 1.807) is 0 Å². The van der Waals surface area contributed by atoms with Gasteiger partial charge in [0.25, 0.3) is 0 Å². The highest BCUT2D eigenvalue weighted by molar-refractivity contribution is 5.61. The van der Waals surface area contributed by atoms with Crippen LogP contribution < -0.4 is 10.2 Å². The third kappa shape index (κ3) is 4.19. The Kier molecular flexibility index (Phi) is 5.94. The minimum absolute atomic E-state index is 0.210. The van der Waals surface area contributed by atoms with E-state index in [0.717, 1.165) is 66.3 Å². The molecule has 4 heterocycles. The van der Waals surface area contributed by atoms with Crippen LogP contribution in [-0.4, -0.2) is 43.9 Å². The lowest BCUT2D eigenvalue weighted by Gasteiger charge is -2.36. The minimum atomic E-state index is 0.210. The number of aryl methyl sites for hydroxylation is 2. The van der Waals surface area contributed by atoms with Crippen molar-refractivity contribution in [1.29, 1.82) is 0 Å². The number of rotatable bonds is 7. The molecule has 1 unspecified atom stereocenters. The van der Waals surface area contributed by atoms with Crippen LogP contribution in [0.3, 0.4) is 0 Å². The van der Waals surface area contributed by atoms with Gasteiger partial charge in [0.2, 0.25) is 0 Å².